The van der Waals surface area contributed by atoms with Crippen molar-refractivity contribution in [3.8, 4) is 11.8 Å². The van der Waals surface area contributed by atoms with Crippen molar-refractivity contribution in [3.63, 3.8) is 0 Å². The summed E-state index contributed by atoms with van der Waals surface area (Å²) in [5.41, 5.74) is 2.81. The van der Waals surface area contributed by atoms with E-state index in [-0.39, 0.29) is 0 Å². The van der Waals surface area contributed by atoms with Crippen LogP contribution in [0.2, 0.25) is 0 Å². The normalized spacial score (nSPS) is 11.4. The van der Waals surface area contributed by atoms with Crippen molar-refractivity contribution in [2.75, 3.05) is 7.11 Å². The van der Waals surface area contributed by atoms with E-state index < -0.39 is 0 Å². The van der Waals surface area contributed by atoms with Crippen LogP contribution >= 0.6 is 11.8 Å². The summed E-state index contributed by atoms with van der Waals surface area (Å²) in [6.07, 6.45) is 1.83. The molecule has 0 saturated carbocycles. The predicted molar refractivity (Wildman–Crippen MR) is 88.5 cm³/mol. The average Bonchev–Trinajstić information content (AvgIpc) is 2.97. The number of thioether (sulfide) groups is 1. The maximum atomic E-state index is 9.32. The van der Waals surface area contributed by atoms with Crippen molar-refractivity contribution in [1.82, 2.24) is 9.97 Å². The van der Waals surface area contributed by atoms with Crippen LogP contribution in [0.3, 0.4) is 0 Å². The molecule has 1 heterocycles. The number of ether oxygens (including phenoxy) is 1. The summed E-state index contributed by atoms with van der Waals surface area (Å²) < 4.78 is 5.12. The molecule has 0 bridgehead atoms. The molecule has 3 aromatic rings. The highest BCUT2D eigenvalue weighted by Gasteiger charge is 2.06. The zero-order chi connectivity index (χ0) is 15.4. The molecule has 0 unspecified atom stereocenters. The summed E-state index contributed by atoms with van der Waals surface area (Å²) in [5, 5.41) is 10.0. The molecule has 0 fully saturated rings. The lowest BCUT2D eigenvalue weighted by Gasteiger charge is -2.00. The third kappa shape index (κ3) is 3.13. The number of allylic oxidation sites excluding steroid dienone is 1. The first-order valence-electron chi connectivity index (χ1n) is 6.67. The molecule has 108 valence electrons. The van der Waals surface area contributed by atoms with Crippen LogP contribution < -0.4 is 4.74 Å². The first-order valence-corrected chi connectivity index (χ1v) is 7.48. The van der Waals surface area contributed by atoms with Crippen molar-refractivity contribution in [2.45, 2.75) is 5.16 Å². The van der Waals surface area contributed by atoms with Crippen molar-refractivity contribution in [1.29, 1.82) is 5.26 Å². The van der Waals surface area contributed by atoms with Gasteiger partial charge in [-0.3, -0.25) is 0 Å². The van der Waals surface area contributed by atoms with Gasteiger partial charge in [0.25, 0.3) is 0 Å². The second-order valence-electron chi connectivity index (χ2n) is 4.55. The number of methoxy groups -OCH3 is 1. The second kappa shape index (κ2) is 6.37. The van der Waals surface area contributed by atoms with E-state index in [1.807, 2.05) is 54.6 Å². The van der Waals surface area contributed by atoms with Crippen LogP contribution in [0.25, 0.3) is 17.1 Å². The summed E-state index contributed by atoms with van der Waals surface area (Å²) >= 11 is 1.32. The van der Waals surface area contributed by atoms with Gasteiger partial charge < -0.3 is 9.72 Å². The minimum absolute atomic E-state index is 0.573. The van der Waals surface area contributed by atoms with Gasteiger partial charge in [0.15, 0.2) is 5.16 Å². The van der Waals surface area contributed by atoms with Gasteiger partial charge in [0.2, 0.25) is 0 Å². The lowest BCUT2D eigenvalue weighted by molar-refractivity contribution is 0.415. The Morgan fingerprint density at radius 1 is 1.23 bits per heavy atom. The molecule has 0 atom stereocenters. The third-order valence-electron chi connectivity index (χ3n) is 3.10. The third-order valence-corrected chi connectivity index (χ3v) is 3.91. The number of fused-ring (bicyclic) bond motifs is 1. The van der Waals surface area contributed by atoms with E-state index >= 15 is 0 Å². The van der Waals surface area contributed by atoms with E-state index in [0.717, 1.165) is 22.3 Å². The number of rotatable bonds is 4. The van der Waals surface area contributed by atoms with Gasteiger partial charge in [-0.2, -0.15) is 5.26 Å². The van der Waals surface area contributed by atoms with Crippen molar-refractivity contribution in [3.05, 3.63) is 59.0 Å². The van der Waals surface area contributed by atoms with Gasteiger partial charge in [0.1, 0.15) is 11.8 Å². The van der Waals surface area contributed by atoms with E-state index in [2.05, 4.69) is 16.0 Å². The van der Waals surface area contributed by atoms with Crippen LogP contribution in [0.1, 0.15) is 5.56 Å². The Kier molecular flexibility index (Phi) is 4.12. The topological polar surface area (TPSA) is 61.7 Å². The van der Waals surface area contributed by atoms with Gasteiger partial charge in [-0.25, -0.2) is 4.98 Å². The Hall–Kier alpha value is -2.71. The quantitative estimate of drug-likeness (QED) is 0.579. The molecule has 5 heteroatoms. The highest BCUT2D eigenvalue weighted by Crippen LogP contribution is 2.27. The average molecular weight is 307 g/mol. The molecule has 4 nitrogen and oxygen atoms in total. The van der Waals surface area contributed by atoms with Gasteiger partial charge in [-0.15, -0.1) is 0 Å². The molecule has 3 rings (SSSR count). The number of hydrogen-bond donors (Lipinski definition) is 1. The summed E-state index contributed by atoms with van der Waals surface area (Å²) in [6, 6.07) is 17.6. The largest absolute Gasteiger partial charge is 0.497 e. The summed E-state index contributed by atoms with van der Waals surface area (Å²) in [7, 11) is 1.63. The number of imidazole rings is 1. The second-order valence-corrected chi connectivity index (χ2v) is 5.59. The van der Waals surface area contributed by atoms with Crippen molar-refractivity contribution >= 4 is 28.9 Å². The first-order chi connectivity index (χ1) is 10.8. The van der Waals surface area contributed by atoms with Crippen LogP contribution in [-0.4, -0.2) is 17.1 Å². The van der Waals surface area contributed by atoms with Gasteiger partial charge >= 0.3 is 0 Å². The Balaban J connectivity index is 1.84. The number of nitrogens with zero attached hydrogens (tertiary/aromatic N) is 2. The Morgan fingerprint density at radius 2 is 2.00 bits per heavy atom. The van der Waals surface area contributed by atoms with E-state index in [0.29, 0.717) is 10.1 Å². The molecule has 0 spiro atoms. The molecule has 0 saturated heterocycles. The summed E-state index contributed by atoms with van der Waals surface area (Å²) in [6.45, 7) is 0. The van der Waals surface area contributed by atoms with E-state index in [1.54, 1.807) is 7.11 Å². The molecule has 0 radical (unpaired) electrons. The summed E-state index contributed by atoms with van der Waals surface area (Å²) in [5.74, 6) is 0.792. The first kappa shape index (κ1) is 14.2. The van der Waals surface area contributed by atoms with Gasteiger partial charge in [-0.1, -0.05) is 24.3 Å². The number of hydrogen-bond acceptors (Lipinski definition) is 4. The molecular formula is C17H13N3OS. The smallest absolute Gasteiger partial charge is 0.171 e. The zero-order valence-electron chi connectivity index (χ0n) is 11.9. The molecule has 1 aromatic heterocycles. The van der Waals surface area contributed by atoms with Crippen LogP contribution in [0, 0.1) is 11.3 Å². The fourth-order valence-corrected chi connectivity index (χ4v) is 2.77. The van der Waals surface area contributed by atoms with Crippen LogP contribution in [-0.2, 0) is 0 Å². The lowest BCUT2D eigenvalue weighted by atomic mass is 10.2. The maximum absolute atomic E-state index is 9.32. The highest BCUT2D eigenvalue weighted by atomic mass is 32.2. The molecule has 0 aliphatic heterocycles. The van der Waals surface area contributed by atoms with Crippen LogP contribution in [0.4, 0.5) is 0 Å². The van der Waals surface area contributed by atoms with Gasteiger partial charge in [0.05, 0.1) is 23.0 Å². The van der Waals surface area contributed by atoms with Gasteiger partial charge in [0, 0.05) is 0 Å². The van der Waals surface area contributed by atoms with E-state index in [4.69, 9.17) is 4.74 Å². The SMILES string of the molecule is COc1ccc(/C=C(\C#N)Sc2nc3ccccc3[nH]2)cc1. The van der Waals surface area contributed by atoms with Crippen LogP contribution in [0.5, 0.6) is 5.75 Å². The number of aromatic amines is 1. The highest BCUT2D eigenvalue weighted by molar-refractivity contribution is 8.03. The monoisotopic (exact) mass is 307 g/mol. The predicted octanol–water partition coefficient (Wildman–Crippen LogP) is 4.23. The van der Waals surface area contributed by atoms with E-state index in [9.17, 15) is 5.26 Å². The lowest BCUT2D eigenvalue weighted by Crippen LogP contribution is -1.82. The number of aromatic nitrogens is 2. The fraction of sp³-hybridized carbons (Fsp3) is 0.0588. The molecule has 0 aliphatic carbocycles. The molecule has 0 aliphatic rings. The number of nitrogens with one attached hydrogen (secondary N) is 1. The molecular weight excluding hydrogens is 294 g/mol. The Bertz CT molecular complexity index is 826. The standard InChI is InChI=1S/C17H13N3OS/c1-21-13-8-6-12(7-9-13)10-14(11-18)22-17-19-15-4-2-3-5-16(15)20-17/h2-10H,1H3,(H,19,20)/b14-10+. The fourth-order valence-electron chi connectivity index (χ4n) is 2.02. The van der Waals surface area contributed by atoms with Crippen LogP contribution in [0.15, 0.2) is 58.6 Å². The molecule has 1 N–H and O–H groups in total. The molecule has 22 heavy (non-hydrogen) atoms. The molecule has 2 aromatic carbocycles. The Labute approximate surface area is 132 Å². The minimum Gasteiger partial charge on any atom is -0.497 e. The Morgan fingerprint density at radius 3 is 2.68 bits per heavy atom. The molecule has 0 amide bonds. The van der Waals surface area contributed by atoms with Crippen molar-refractivity contribution in [2.24, 2.45) is 0 Å². The number of para-hydroxylation sites is 2. The number of H-pyrrole nitrogens is 1. The van der Waals surface area contributed by atoms with Crippen molar-refractivity contribution < 1.29 is 4.74 Å². The number of nitriles is 1. The zero-order valence-corrected chi connectivity index (χ0v) is 12.7. The maximum Gasteiger partial charge on any atom is 0.171 e. The van der Waals surface area contributed by atoms with E-state index in [1.165, 1.54) is 11.8 Å². The minimum atomic E-state index is 0.573. The summed E-state index contributed by atoms with van der Waals surface area (Å²) in [4.78, 5) is 8.24. The van der Waals surface area contributed by atoms with Gasteiger partial charge in [-0.05, 0) is 47.7 Å². The number of benzene rings is 2.